The third kappa shape index (κ3) is 2.52. The quantitative estimate of drug-likeness (QED) is 0.674. The molecule has 1 aliphatic rings. The highest BCUT2D eigenvalue weighted by atomic mass is 19.1. The molecule has 23 heavy (non-hydrogen) atoms. The van der Waals surface area contributed by atoms with Gasteiger partial charge in [0.25, 0.3) is 12.4 Å². The van der Waals surface area contributed by atoms with Crippen molar-refractivity contribution in [3.05, 3.63) is 59.7 Å². The molecule has 1 amide bonds. The van der Waals surface area contributed by atoms with Gasteiger partial charge in [0.05, 0.1) is 11.9 Å². The minimum absolute atomic E-state index is 0.0540. The second-order valence-corrected chi connectivity index (χ2v) is 4.84. The summed E-state index contributed by atoms with van der Waals surface area (Å²) in [4.78, 5) is 24.3. The molecule has 2 aromatic heterocycles. The first-order chi connectivity index (χ1) is 11.2. The maximum atomic E-state index is 13.2. The maximum Gasteiger partial charge on any atom is 0.290 e. The predicted octanol–water partition coefficient (Wildman–Crippen LogP) is 2.08. The van der Waals surface area contributed by atoms with Gasteiger partial charge in [-0.15, -0.1) is 0 Å². The molecule has 0 radical (unpaired) electrons. The average molecular weight is 313 g/mol. The van der Waals surface area contributed by atoms with Crippen molar-refractivity contribution in [1.82, 2.24) is 14.7 Å². The maximum absolute atomic E-state index is 13.2. The van der Waals surface area contributed by atoms with E-state index in [1.807, 2.05) is 22.6 Å². The number of halogens is 1. The Morgan fingerprint density at radius 1 is 1.30 bits per heavy atom. The number of carbonyl (C=O) groups excluding carboxylic acids is 1. The minimum atomic E-state index is -0.315. The molecule has 7 heteroatoms. The molecule has 1 aromatic carbocycles. The highest BCUT2D eigenvalue weighted by Crippen LogP contribution is 2.29. The van der Waals surface area contributed by atoms with E-state index >= 15 is 0 Å². The van der Waals surface area contributed by atoms with Crippen LogP contribution in [0.4, 0.5) is 4.39 Å². The number of hydrogen-bond acceptors (Lipinski definition) is 3. The summed E-state index contributed by atoms with van der Waals surface area (Å²) < 4.78 is 15.0. The standard InChI is InChI=1S/C15H10FN3O.CH2O2/c16-9-4-5-19-13(8-17-14(19)6-9)10-2-1-3-11-12(10)7-18-15(11)20;2-1-3/h1-6,8H,7H2,(H,18,20);1H,(H,2,3). The zero-order valence-electron chi connectivity index (χ0n) is 11.9. The molecule has 0 bridgehead atoms. The van der Waals surface area contributed by atoms with Crippen molar-refractivity contribution in [2.75, 3.05) is 0 Å². The van der Waals surface area contributed by atoms with E-state index in [0.29, 0.717) is 17.8 Å². The van der Waals surface area contributed by atoms with Crippen molar-refractivity contribution in [2.24, 2.45) is 0 Å². The Bertz CT molecular complexity index is 905. The highest BCUT2D eigenvalue weighted by molar-refractivity contribution is 6.00. The lowest BCUT2D eigenvalue weighted by Gasteiger charge is -2.06. The van der Waals surface area contributed by atoms with Gasteiger partial charge in [0.2, 0.25) is 0 Å². The van der Waals surface area contributed by atoms with Gasteiger partial charge in [0.15, 0.2) is 0 Å². The van der Waals surface area contributed by atoms with Gasteiger partial charge in [0, 0.05) is 29.9 Å². The van der Waals surface area contributed by atoms with Gasteiger partial charge in [-0.1, -0.05) is 12.1 Å². The Hall–Kier alpha value is -3.22. The number of nitrogens with zero attached hydrogens (tertiary/aromatic N) is 2. The molecule has 116 valence electrons. The van der Waals surface area contributed by atoms with E-state index in [-0.39, 0.29) is 18.2 Å². The third-order valence-electron chi connectivity index (χ3n) is 3.60. The molecule has 0 saturated carbocycles. The summed E-state index contributed by atoms with van der Waals surface area (Å²) in [6.45, 7) is 0.263. The molecule has 2 N–H and O–H groups in total. The number of amides is 1. The topological polar surface area (TPSA) is 83.7 Å². The number of carboxylic acid groups (broad SMARTS) is 1. The molecule has 0 spiro atoms. The van der Waals surface area contributed by atoms with Crippen LogP contribution in [-0.4, -0.2) is 26.9 Å². The molecule has 3 heterocycles. The fourth-order valence-electron chi connectivity index (χ4n) is 2.65. The lowest BCUT2D eigenvalue weighted by molar-refractivity contribution is -0.122. The van der Waals surface area contributed by atoms with Gasteiger partial charge in [-0.25, -0.2) is 9.37 Å². The van der Waals surface area contributed by atoms with E-state index < -0.39 is 0 Å². The van der Waals surface area contributed by atoms with Crippen molar-refractivity contribution in [2.45, 2.75) is 6.54 Å². The van der Waals surface area contributed by atoms with Crippen LogP contribution in [0.1, 0.15) is 15.9 Å². The van der Waals surface area contributed by atoms with Gasteiger partial charge in [-0.2, -0.15) is 0 Å². The number of imidazole rings is 1. The van der Waals surface area contributed by atoms with Crippen LogP contribution >= 0.6 is 0 Å². The molecular formula is C16H12FN3O3. The zero-order chi connectivity index (χ0) is 16.4. The monoisotopic (exact) mass is 313 g/mol. The second-order valence-electron chi connectivity index (χ2n) is 4.84. The second kappa shape index (κ2) is 5.88. The van der Waals surface area contributed by atoms with Crippen LogP contribution < -0.4 is 5.32 Å². The Morgan fingerprint density at radius 3 is 2.83 bits per heavy atom. The van der Waals surface area contributed by atoms with Crippen molar-refractivity contribution < 1.29 is 19.1 Å². The molecule has 0 fully saturated rings. The van der Waals surface area contributed by atoms with Crippen LogP contribution in [0.3, 0.4) is 0 Å². The van der Waals surface area contributed by atoms with Crippen molar-refractivity contribution >= 4 is 18.0 Å². The lowest BCUT2D eigenvalue weighted by Crippen LogP contribution is -2.12. The average Bonchev–Trinajstić information content (AvgIpc) is 3.12. The smallest absolute Gasteiger partial charge is 0.290 e. The predicted molar refractivity (Wildman–Crippen MR) is 80.4 cm³/mol. The summed E-state index contributed by atoms with van der Waals surface area (Å²) in [7, 11) is 0. The van der Waals surface area contributed by atoms with Crippen LogP contribution in [0.2, 0.25) is 0 Å². The number of hydrogen-bond donors (Lipinski definition) is 2. The molecule has 0 aliphatic carbocycles. The molecular weight excluding hydrogens is 301 g/mol. The van der Waals surface area contributed by atoms with Crippen molar-refractivity contribution in [3.8, 4) is 11.3 Å². The summed E-state index contributed by atoms with van der Waals surface area (Å²) in [5, 5.41) is 9.70. The first-order valence-electron chi connectivity index (χ1n) is 6.76. The Morgan fingerprint density at radius 2 is 2.04 bits per heavy atom. The van der Waals surface area contributed by atoms with Crippen LogP contribution in [0.5, 0.6) is 0 Å². The van der Waals surface area contributed by atoms with Gasteiger partial charge >= 0.3 is 0 Å². The number of rotatable bonds is 1. The normalized spacial score (nSPS) is 12.3. The van der Waals surface area contributed by atoms with Crippen LogP contribution in [-0.2, 0) is 11.3 Å². The number of nitrogens with one attached hydrogen (secondary N) is 1. The Labute approximate surface area is 130 Å². The van der Waals surface area contributed by atoms with E-state index in [0.717, 1.165) is 16.8 Å². The third-order valence-corrected chi connectivity index (χ3v) is 3.60. The van der Waals surface area contributed by atoms with Crippen LogP contribution in [0, 0.1) is 5.82 Å². The van der Waals surface area contributed by atoms with Gasteiger partial charge in [0.1, 0.15) is 11.5 Å². The van der Waals surface area contributed by atoms with Crippen LogP contribution in [0.15, 0.2) is 42.7 Å². The molecule has 0 atom stereocenters. The number of fused-ring (bicyclic) bond motifs is 2. The molecule has 0 saturated heterocycles. The summed E-state index contributed by atoms with van der Waals surface area (Å²) in [5.41, 5.74) is 4.01. The molecule has 3 aromatic rings. The largest absolute Gasteiger partial charge is 0.483 e. The van der Waals surface area contributed by atoms with E-state index in [4.69, 9.17) is 9.90 Å². The fraction of sp³-hybridized carbons (Fsp3) is 0.0625. The zero-order valence-corrected chi connectivity index (χ0v) is 11.9. The molecule has 6 nitrogen and oxygen atoms in total. The number of carbonyl (C=O) groups is 2. The van der Waals surface area contributed by atoms with Crippen molar-refractivity contribution in [1.29, 1.82) is 0 Å². The number of benzene rings is 1. The summed E-state index contributed by atoms with van der Waals surface area (Å²) in [6.07, 6.45) is 3.35. The van der Waals surface area contributed by atoms with E-state index in [1.54, 1.807) is 12.4 Å². The number of pyridine rings is 1. The lowest BCUT2D eigenvalue weighted by atomic mass is 10.0. The first-order valence-corrected chi connectivity index (χ1v) is 6.76. The minimum Gasteiger partial charge on any atom is -0.483 e. The fourth-order valence-corrected chi connectivity index (χ4v) is 2.65. The van der Waals surface area contributed by atoms with E-state index in [9.17, 15) is 9.18 Å². The number of aromatic nitrogens is 2. The van der Waals surface area contributed by atoms with Gasteiger partial charge in [-0.05, 0) is 17.7 Å². The summed E-state index contributed by atoms with van der Waals surface area (Å²) in [5.74, 6) is -0.369. The summed E-state index contributed by atoms with van der Waals surface area (Å²) >= 11 is 0. The highest BCUT2D eigenvalue weighted by Gasteiger charge is 2.22. The Balaban J connectivity index is 0.000000485. The summed E-state index contributed by atoms with van der Waals surface area (Å²) in [6, 6.07) is 8.39. The molecule has 4 rings (SSSR count). The SMILES string of the molecule is O=C1NCc2c1cccc2-c1cnc2cc(F)ccn12.O=CO. The van der Waals surface area contributed by atoms with Gasteiger partial charge in [-0.3, -0.25) is 14.0 Å². The molecule has 1 aliphatic heterocycles. The Kier molecular flexibility index (Phi) is 3.76. The van der Waals surface area contributed by atoms with Crippen LogP contribution in [0.25, 0.3) is 16.9 Å². The van der Waals surface area contributed by atoms with E-state index in [2.05, 4.69) is 10.3 Å². The first kappa shape index (κ1) is 14.7. The van der Waals surface area contributed by atoms with Gasteiger partial charge < -0.3 is 10.4 Å². The van der Waals surface area contributed by atoms with Crippen molar-refractivity contribution in [3.63, 3.8) is 0 Å². The molecule has 0 unspecified atom stereocenters. The van der Waals surface area contributed by atoms with E-state index in [1.165, 1.54) is 12.1 Å².